The maximum absolute atomic E-state index is 12.6. The largest absolute Gasteiger partial charge is 0.462 e. The van der Waals surface area contributed by atoms with E-state index in [0.717, 1.165) is 29.3 Å². The molecule has 0 aromatic carbocycles. The van der Waals surface area contributed by atoms with Crippen molar-refractivity contribution in [2.24, 2.45) is 0 Å². The molecule has 2 rings (SSSR count). The van der Waals surface area contributed by atoms with Gasteiger partial charge in [0.05, 0.1) is 17.0 Å². The molecule has 0 radical (unpaired) electrons. The maximum atomic E-state index is 12.6. The average molecular weight is 413 g/mol. The number of esters is 1. The Morgan fingerprint density at radius 2 is 1.86 bits per heavy atom. The Morgan fingerprint density at radius 1 is 1.25 bits per heavy atom. The second kappa shape index (κ2) is 9.49. The van der Waals surface area contributed by atoms with Crippen molar-refractivity contribution in [1.29, 1.82) is 0 Å². The van der Waals surface area contributed by atoms with Crippen LogP contribution >= 0.6 is 11.3 Å². The van der Waals surface area contributed by atoms with Crippen LogP contribution in [0.5, 0.6) is 0 Å². The molecular weight excluding hydrogens is 382 g/mol. The van der Waals surface area contributed by atoms with Crippen LogP contribution < -0.4 is 10.2 Å². The first-order valence-electron chi connectivity index (χ1n) is 9.45. The number of thiophene rings is 1. The molecule has 0 bridgehead atoms. The van der Waals surface area contributed by atoms with E-state index in [1.807, 2.05) is 13.8 Å². The van der Waals surface area contributed by atoms with Crippen LogP contribution in [0.1, 0.15) is 46.4 Å². The lowest BCUT2D eigenvalue weighted by Gasteiger charge is -2.31. The molecule has 1 saturated heterocycles. The number of carbonyl (C=O) groups excluding carboxylic acids is 3. The lowest BCUT2D eigenvalue weighted by atomic mass is 10.1. The minimum atomic E-state index is -0.537. The lowest BCUT2D eigenvalue weighted by molar-refractivity contribution is -0.907. The van der Waals surface area contributed by atoms with Gasteiger partial charge in [0.15, 0.2) is 6.54 Å². The number of rotatable bonds is 6. The Bertz CT molecular complexity index is 736. The Morgan fingerprint density at radius 3 is 2.39 bits per heavy atom. The number of morpholine rings is 1. The second-order valence-electron chi connectivity index (χ2n) is 7.32. The highest BCUT2D eigenvalue weighted by atomic mass is 32.1. The summed E-state index contributed by atoms with van der Waals surface area (Å²) in [7, 11) is 3.29. The Hall–Kier alpha value is -1.97. The zero-order chi connectivity index (χ0) is 21.0. The van der Waals surface area contributed by atoms with Crippen LogP contribution in [-0.4, -0.2) is 75.2 Å². The third-order valence-electron chi connectivity index (χ3n) is 4.51. The molecule has 1 fully saturated rings. The fourth-order valence-corrected chi connectivity index (χ4v) is 4.62. The topological polar surface area (TPSA) is 89.4 Å². The van der Waals surface area contributed by atoms with E-state index in [9.17, 15) is 14.4 Å². The summed E-state index contributed by atoms with van der Waals surface area (Å²) in [5.41, 5.74) is 0.780. The van der Waals surface area contributed by atoms with Gasteiger partial charge < -0.3 is 24.6 Å². The summed E-state index contributed by atoms with van der Waals surface area (Å²) in [5.74, 6) is -0.952. The first-order valence-corrected chi connectivity index (χ1v) is 10.3. The van der Waals surface area contributed by atoms with Crippen molar-refractivity contribution in [3.63, 3.8) is 0 Å². The third kappa shape index (κ3) is 5.30. The highest BCUT2D eigenvalue weighted by molar-refractivity contribution is 7.18. The smallest absolute Gasteiger partial charge is 0.341 e. The Labute approximate surface area is 169 Å². The van der Waals surface area contributed by atoms with E-state index < -0.39 is 5.97 Å². The van der Waals surface area contributed by atoms with E-state index in [0.29, 0.717) is 15.4 Å². The van der Waals surface area contributed by atoms with E-state index in [4.69, 9.17) is 9.47 Å². The van der Waals surface area contributed by atoms with Crippen molar-refractivity contribution in [3.05, 3.63) is 16.0 Å². The summed E-state index contributed by atoms with van der Waals surface area (Å²) in [4.78, 5) is 40.5. The summed E-state index contributed by atoms with van der Waals surface area (Å²) < 4.78 is 10.8. The fourth-order valence-electron chi connectivity index (χ4n) is 3.39. The number of hydrogen-bond donors (Lipinski definition) is 2. The van der Waals surface area contributed by atoms with Gasteiger partial charge in [-0.3, -0.25) is 9.59 Å². The van der Waals surface area contributed by atoms with Gasteiger partial charge >= 0.3 is 5.97 Å². The summed E-state index contributed by atoms with van der Waals surface area (Å²) in [6.45, 7) is 9.38. The quantitative estimate of drug-likeness (QED) is 0.667. The summed E-state index contributed by atoms with van der Waals surface area (Å²) in [6.07, 6.45) is 0.185. The maximum Gasteiger partial charge on any atom is 0.341 e. The monoisotopic (exact) mass is 412 g/mol. The van der Waals surface area contributed by atoms with Gasteiger partial charge in [-0.15, -0.1) is 11.3 Å². The predicted molar refractivity (Wildman–Crippen MR) is 107 cm³/mol. The standard InChI is InChI=1S/C19H29N3O5S/c1-7-26-19(25)15-13(4)16(18(24)21(5)6)28-17(15)20-14(23)10-22-8-11(2)27-12(3)9-22/h11-12H,7-10H2,1-6H3,(H,20,23)/p+1/t11-,12+. The molecule has 2 amide bonds. The van der Waals surface area contributed by atoms with Crippen molar-refractivity contribution >= 4 is 34.1 Å². The number of ether oxygens (including phenoxy) is 2. The highest BCUT2D eigenvalue weighted by Gasteiger charge is 2.30. The first-order chi connectivity index (χ1) is 13.1. The van der Waals surface area contributed by atoms with Crippen molar-refractivity contribution in [2.45, 2.75) is 39.9 Å². The highest BCUT2D eigenvalue weighted by Crippen LogP contribution is 2.34. The van der Waals surface area contributed by atoms with Crippen molar-refractivity contribution < 1.29 is 28.8 Å². The molecule has 0 saturated carbocycles. The van der Waals surface area contributed by atoms with Gasteiger partial charge in [0.1, 0.15) is 30.3 Å². The number of hydrogen-bond acceptors (Lipinski definition) is 6. The molecule has 156 valence electrons. The van der Waals surface area contributed by atoms with Crippen LogP contribution in [0.15, 0.2) is 0 Å². The van der Waals surface area contributed by atoms with E-state index in [2.05, 4.69) is 5.32 Å². The van der Waals surface area contributed by atoms with Crippen LogP contribution in [0.2, 0.25) is 0 Å². The molecule has 0 spiro atoms. The van der Waals surface area contributed by atoms with E-state index in [1.54, 1.807) is 27.9 Å². The number of quaternary nitrogens is 1. The Balaban J connectivity index is 2.22. The molecule has 8 nitrogen and oxygen atoms in total. The minimum absolute atomic E-state index is 0.0925. The van der Waals surface area contributed by atoms with Gasteiger partial charge in [0, 0.05) is 14.1 Å². The van der Waals surface area contributed by atoms with Gasteiger partial charge in [0.2, 0.25) is 0 Å². The molecule has 1 aromatic rings. The first kappa shape index (κ1) is 22.3. The third-order valence-corrected chi connectivity index (χ3v) is 5.70. The predicted octanol–water partition coefficient (Wildman–Crippen LogP) is 0.566. The molecule has 1 aliphatic rings. The molecule has 0 aliphatic carbocycles. The number of anilines is 1. The van der Waals surface area contributed by atoms with Gasteiger partial charge in [0.25, 0.3) is 11.8 Å². The van der Waals surface area contributed by atoms with Crippen LogP contribution in [0, 0.1) is 6.92 Å². The van der Waals surface area contributed by atoms with Crippen LogP contribution in [0.3, 0.4) is 0 Å². The lowest BCUT2D eigenvalue weighted by Crippen LogP contribution is -3.16. The SMILES string of the molecule is CCOC(=O)c1c(NC(=O)C[NH+]2C[C@@H](C)O[C@@H](C)C2)sc(C(=O)N(C)C)c1C. The van der Waals surface area contributed by atoms with Gasteiger partial charge in [-0.05, 0) is 33.3 Å². The average Bonchev–Trinajstić information content (AvgIpc) is 2.89. The fraction of sp³-hybridized carbons (Fsp3) is 0.632. The molecule has 1 aromatic heterocycles. The van der Waals surface area contributed by atoms with E-state index in [-0.39, 0.29) is 42.7 Å². The molecule has 1 aliphatic heterocycles. The minimum Gasteiger partial charge on any atom is -0.462 e. The molecule has 28 heavy (non-hydrogen) atoms. The molecule has 2 N–H and O–H groups in total. The number of nitrogens with one attached hydrogen (secondary N) is 2. The normalized spacial score (nSPS) is 21.9. The van der Waals surface area contributed by atoms with Crippen molar-refractivity contribution in [3.8, 4) is 0 Å². The Kier molecular flexibility index (Phi) is 7.56. The number of nitrogens with zero attached hydrogens (tertiary/aromatic N) is 1. The van der Waals surface area contributed by atoms with Crippen LogP contribution in [0.25, 0.3) is 0 Å². The van der Waals surface area contributed by atoms with Gasteiger partial charge in [-0.1, -0.05) is 0 Å². The zero-order valence-corrected chi connectivity index (χ0v) is 18.2. The van der Waals surface area contributed by atoms with Crippen molar-refractivity contribution in [2.75, 3.05) is 45.7 Å². The molecule has 9 heteroatoms. The van der Waals surface area contributed by atoms with Crippen molar-refractivity contribution in [1.82, 2.24) is 4.90 Å². The molecular formula is C19H30N3O5S+. The molecule has 2 heterocycles. The zero-order valence-electron chi connectivity index (χ0n) is 17.4. The van der Waals surface area contributed by atoms with Crippen LogP contribution in [-0.2, 0) is 14.3 Å². The number of amides is 2. The van der Waals surface area contributed by atoms with Gasteiger partial charge in [-0.25, -0.2) is 4.79 Å². The van der Waals surface area contributed by atoms with Gasteiger partial charge in [-0.2, -0.15) is 0 Å². The second-order valence-corrected chi connectivity index (χ2v) is 8.34. The molecule has 3 atom stereocenters. The van der Waals surface area contributed by atoms with E-state index >= 15 is 0 Å². The summed E-state index contributed by atoms with van der Waals surface area (Å²) >= 11 is 1.11. The van der Waals surface area contributed by atoms with E-state index in [1.165, 1.54) is 4.90 Å². The summed E-state index contributed by atoms with van der Waals surface area (Å²) in [6, 6.07) is 0. The van der Waals surface area contributed by atoms with Crippen LogP contribution in [0.4, 0.5) is 5.00 Å². The number of carbonyl (C=O) groups is 3. The molecule has 1 unspecified atom stereocenters. The summed E-state index contributed by atoms with van der Waals surface area (Å²) in [5, 5.41) is 3.19.